The number of hydrogen-bond acceptors (Lipinski definition) is 2. The van der Waals surface area contributed by atoms with Crippen LogP contribution in [0.25, 0.3) is 0 Å². The topological polar surface area (TPSA) is 24.7 Å². The number of nitrogens with zero attached hydrogens (tertiary/aromatic N) is 2. The molecule has 0 aromatic carbocycles. The third-order valence-electron chi connectivity index (χ3n) is 1.09. The minimum atomic E-state index is -0.118. The first-order valence-electron chi connectivity index (χ1n) is 3.10. The van der Waals surface area contributed by atoms with Crippen LogP contribution in [0, 0.1) is 0 Å². The normalized spacial score (nSPS) is 16.9. The van der Waals surface area contributed by atoms with E-state index in [9.17, 15) is 0 Å². The van der Waals surface area contributed by atoms with Crippen LogP contribution in [0.1, 0.15) is 13.3 Å². The third kappa shape index (κ3) is 1.83. The molecule has 0 aromatic heterocycles. The number of halogens is 1. The van der Waals surface area contributed by atoms with Gasteiger partial charge in [0.05, 0.1) is 5.70 Å². The maximum absolute atomic E-state index is 4.28. The van der Waals surface area contributed by atoms with Gasteiger partial charge in [0, 0.05) is 31.5 Å². The van der Waals surface area contributed by atoms with Gasteiger partial charge >= 0.3 is 0 Å². The molecular formula is C7H9IN2. The second-order valence-corrected chi connectivity index (χ2v) is 3.46. The summed E-state index contributed by atoms with van der Waals surface area (Å²) in [5.74, 6) is 0.977. The van der Waals surface area contributed by atoms with Gasteiger partial charge in [-0.1, -0.05) is 13.5 Å². The van der Waals surface area contributed by atoms with Crippen molar-refractivity contribution >= 4 is 26.9 Å². The van der Waals surface area contributed by atoms with Crippen molar-refractivity contribution in [1.29, 1.82) is 0 Å². The summed E-state index contributed by atoms with van der Waals surface area (Å²) in [4.78, 5) is 4.24. The minimum absolute atomic E-state index is 0.118. The fourth-order valence-electron chi connectivity index (χ4n) is 0.552. The molecule has 0 atom stereocenters. The van der Waals surface area contributed by atoms with E-state index in [1.807, 2.05) is 0 Å². The van der Waals surface area contributed by atoms with Gasteiger partial charge in [-0.15, -0.1) is 0 Å². The van der Waals surface area contributed by atoms with E-state index < -0.39 is 0 Å². The Bertz CT molecular complexity index is 226. The van der Waals surface area contributed by atoms with E-state index >= 15 is 0 Å². The summed E-state index contributed by atoms with van der Waals surface area (Å²) in [5.41, 5.74) is 1.000. The SMILES string of the molecule is C=CC1=CI=NC(CC)=N1. The van der Waals surface area contributed by atoms with E-state index in [1.165, 1.54) is 0 Å². The highest BCUT2D eigenvalue weighted by molar-refractivity contribution is 14.2. The molecule has 0 saturated heterocycles. The number of amidine groups is 1. The van der Waals surface area contributed by atoms with Crippen molar-refractivity contribution in [1.82, 2.24) is 0 Å². The molecule has 0 radical (unpaired) electrons. The Morgan fingerprint density at radius 1 is 1.80 bits per heavy atom. The molecule has 0 bridgehead atoms. The lowest BCUT2D eigenvalue weighted by molar-refractivity contribution is 1.23. The van der Waals surface area contributed by atoms with Crippen molar-refractivity contribution in [3.63, 3.8) is 0 Å². The molecule has 0 unspecified atom stereocenters. The summed E-state index contributed by atoms with van der Waals surface area (Å²) in [6.45, 7) is 5.72. The first kappa shape index (κ1) is 7.78. The first-order valence-corrected chi connectivity index (χ1v) is 5.31. The number of aliphatic imine (C=N–C) groups is 1. The van der Waals surface area contributed by atoms with Crippen LogP contribution in [0.4, 0.5) is 0 Å². The lowest BCUT2D eigenvalue weighted by Gasteiger charge is -1.99. The molecule has 1 aliphatic heterocycles. The zero-order valence-electron chi connectivity index (χ0n) is 5.84. The van der Waals surface area contributed by atoms with Crippen molar-refractivity contribution in [2.24, 2.45) is 8.14 Å². The first-order chi connectivity index (χ1) is 4.86. The van der Waals surface area contributed by atoms with Gasteiger partial charge in [-0.05, 0) is 6.08 Å². The Balaban J connectivity index is 2.83. The predicted molar refractivity (Wildman–Crippen MR) is 52.5 cm³/mol. The Labute approximate surface area is 70.9 Å². The molecule has 0 aliphatic carbocycles. The van der Waals surface area contributed by atoms with Crippen LogP contribution in [-0.2, 0) is 0 Å². The quantitative estimate of drug-likeness (QED) is 0.671. The molecular weight excluding hydrogens is 239 g/mol. The molecule has 1 aliphatic rings. The van der Waals surface area contributed by atoms with Gasteiger partial charge in [-0.3, -0.25) is 0 Å². The third-order valence-corrected chi connectivity index (χ3v) is 2.84. The molecule has 0 saturated carbocycles. The molecule has 0 N–H and O–H groups in total. The summed E-state index contributed by atoms with van der Waals surface area (Å²) in [5, 5.41) is 0. The lowest BCUT2D eigenvalue weighted by atomic mass is 10.4. The molecule has 10 heavy (non-hydrogen) atoms. The summed E-state index contributed by atoms with van der Waals surface area (Å²) < 4.78 is 6.36. The molecule has 0 amide bonds. The molecule has 0 fully saturated rings. The van der Waals surface area contributed by atoms with Crippen molar-refractivity contribution < 1.29 is 0 Å². The van der Waals surface area contributed by atoms with Crippen LogP contribution in [0.2, 0.25) is 0 Å². The van der Waals surface area contributed by atoms with Gasteiger partial charge in [0.15, 0.2) is 0 Å². The molecule has 2 nitrogen and oxygen atoms in total. The van der Waals surface area contributed by atoms with Gasteiger partial charge in [0.25, 0.3) is 0 Å². The Morgan fingerprint density at radius 2 is 2.60 bits per heavy atom. The van der Waals surface area contributed by atoms with E-state index in [0.29, 0.717) is 0 Å². The number of rotatable bonds is 2. The maximum Gasteiger partial charge on any atom is 0.134 e. The predicted octanol–water partition coefficient (Wildman–Crippen LogP) is 2.99. The van der Waals surface area contributed by atoms with Crippen LogP contribution >= 0.6 is 21.0 Å². The van der Waals surface area contributed by atoms with Gasteiger partial charge < -0.3 is 0 Å². The van der Waals surface area contributed by atoms with Crippen LogP contribution in [-0.4, -0.2) is 5.84 Å². The van der Waals surface area contributed by atoms with Crippen molar-refractivity contribution in [2.75, 3.05) is 0 Å². The number of hydrogen-bond donors (Lipinski definition) is 0. The van der Waals surface area contributed by atoms with E-state index in [4.69, 9.17) is 0 Å². The largest absolute Gasteiger partial charge is 0.233 e. The van der Waals surface area contributed by atoms with Gasteiger partial charge in [-0.25, -0.2) is 8.14 Å². The standard InChI is InChI=1S/C7H9IN2/c1-3-6-5-8-10-7(4-2)9-6/h3,5H,1,4H2,2H3. The molecule has 1 rings (SSSR count). The molecule has 1 heterocycles. The van der Waals surface area contributed by atoms with Crippen LogP contribution in [0.5, 0.6) is 0 Å². The van der Waals surface area contributed by atoms with Crippen LogP contribution in [0.3, 0.4) is 0 Å². The second kappa shape index (κ2) is 3.75. The average molecular weight is 248 g/mol. The average Bonchev–Trinajstić information content (AvgIpc) is 2.05. The summed E-state index contributed by atoms with van der Waals surface area (Å²) in [7, 11) is 0. The minimum Gasteiger partial charge on any atom is -0.233 e. The highest BCUT2D eigenvalue weighted by Gasteiger charge is 1.97. The lowest BCUT2D eigenvalue weighted by Crippen LogP contribution is -1.90. The highest BCUT2D eigenvalue weighted by atomic mass is 127. The van der Waals surface area contributed by atoms with Crippen molar-refractivity contribution in [3.8, 4) is 0 Å². The Hall–Kier alpha value is -0.320. The van der Waals surface area contributed by atoms with E-state index in [0.717, 1.165) is 18.0 Å². The fourth-order valence-corrected chi connectivity index (χ4v) is 2.14. The molecule has 0 spiro atoms. The van der Waals surface area contributed by atoms with Crippen LogP contribution in [0.15, 0.2) is 30.6 Å². The summed E-state index contributed by atoms with van der Waals surface area (Å²) in [6.07, 6.45) is 2.72. The highest BCUT2D eigenvalue weighted by Crippen LogP contribution is 2.17. The molecule has 54 valence electrons. The summed E-state index contributed by atoms with van der Waals surface area (Å²) >= 11 is -0.118. The maximum atomic E-state index is 4.28. The van der Waals surface area contributed by atoms with E-state index in [1.54, 1.807) is 6.08 Å². The smallest absolute Gasteiger partial charge is 0.134 e. The van der Waals surface area contributed by atoms with Gasteiger partial charge in [0.1, 0.15) is 5.84 Å². The van der Waals surface area contributed by atoms with Crippen molar-refractivity contribution in [2.45, 2.75) is 13.3 Å². The second-order valence-electron chi connectivity index (χ2n) is 1.80. The fraction of sp³-hybridized carbons (Fsp3) is 0.286. The molecule has 3 heteroatoms. The van der Waals surface area contributed by atoms with Gasteiger partial charge in [-0.2, -0.15) is 0 Å². The molecule has 0 aromatic rings. The van der Waals surface area contributed by atoms with E-state index in [-0.39, 0.29) is 21.0 Å². The Morgan fingerprint density at radius 3 is 3.20 bits per heavy atom. The monoisotopic (exact) mass is 248 g/mol. The van der Waals surface area contributed by atoms with E-state index in [2.05, 4.69) is 25.7 Å². The zero-order valence-corrected chi connectivity index (χ0v) is 8.00. The summed E-state index contributed by atoms with van der Waals surface area (Å²) in [6, 6.07) is 0. The van der Waals surface area contributed by atoms with Crippen LogP contribution < -0.4 is 0 Å². The van der Waals surface area contributed by atoms with Gasteiger partial charge in [0.2, 0.25) is 0 Å². The number of allylic oxidation sites excluding steroid dienone is 1. The Kier molecular flexibility index (Phi) is 2.92. The van der Waals surface area contributed by atoms with Crippen molar-refractivity contribution in [3.05, 3.63) is 22.4 Å². The zero-order chi connectivity index (χ0) is 7.40.